The van der Waals surface area contributed by atoms with Crippen molar-refractivity contribution in [3.8, 4) is 5.75 Å². The summed E-state index contributed by atoms with van der Waals surface area (Å²) in [4.78, 5) is 11.7. The lowest BCUT2D eigenvalue weighted by Crippen LogP contribution is -2.29. The summed E-state index contributed by atoms with van der Waals surface area (Å²) in [7, 11) is 1.63. The number of alkyl halides is 3. The van der Waals surface area contributed by atoms with Gasteiger partial charge in [0.25, 0.3) is 12.3 Å². The molecule has 0 saturated carbocycles. The summed E-state index contributed by atoms with van der Waals surface area (Å²) < 4.78 is 29.5. The molecule has 0 aliphatic heterocycles. The highest BCUT2D eigenvalue weighted by molar-refractivity contribution is 9.09. The molecule has 1 unspecified atom stereocenters. The molecule has 1 rings (SSSR count). The normalized spacial score (nSPS) is 12.1. The topological polar surface area (TPSA) is 76.4 Å². The van der Waals surface area contributed by atoms with Gasteiger partial charge in [-0.1, -0.05) is 15.9 Å². The average molecular weight is 352 g/mol. The number of hydrogen-bond donors (Lipinski definition) is 3. The van der Waals surface area contributed by atoms with Gasteiger partial charge in [-0.25, -0.2) is 8.78 Å². The van der Waals surface area contributed by atoms with Gasteiger partial charge < -0.3 is 21.1 Å². The number of halogens is 3. The zero-order valence-electron chi connectivity index (χ0n) is 11.0. The first-order valence-electron chi connectivity index (χ1n) is 5.82. The minimum atomic E-state index is -2.63. The molecule has 4 N–H and O–H groups in total. The molecular weight excluding hydrogens is 336 g/mol. The second-order valence-electron chi connectivity index (χ2n) is 3.98. The van der Waals surface area contributed by atoms with Crippen molar-refractivity contribution in [2.75, 3.05) is 24.7 Å². The fourth-order valence-corrected chi connectivity index (χ4v) is 1.73. The number of nitrogens with two attached hydrogens (primary N) is 1. The number of carbonyl (C=O) groups is 1. The molecule has 8 heteroatoms. The zero-order chi connectivity index (χ0) is 15.3. The van der Waals surface area contributed by atoms with Crippen LogP contribution in [0.3, 0.4) is 0 Å². The molecule has 0 fully saturated rings. The Bertz CT molecular complexity index is 484. The van der Waals surface area contributed by atoms with E-state index in [1.807, 2.05) is 0 Å². The lowest BCUT2D eigenvalue weighted by atomic mass is 10.1. The van der Waals surface area contributed by atoms with Crippen LogP contribution in [0.1, 0.15) is 17.3 Å². The molecule has 0 aliphatic rings. The van der Waals surface area contributed by atoms with Gasteiger partial charge in [-0.2, -0.15) is 0 Å². The van der Waals surface area contributed by atoms with Crippen LogP contribution in [0.5, 0.6) is 5.75 Å². The first-order chi connectivity index (χ1) is 9.35. The molecule has 0 heterocycles. The maximum atomic E-state index is 12.3. The third-order valence-electron chi connectivity index (χ3n) is 2.36. The van der Waals surface area contributed by atoms with Crippen molar-refractivity contribution in [3.05, 3.63) is 17.7 Å². The summed E-state index contributed by atoms with van der Waals surface area (Å²) in [5.41, 5.74) is 6.69. The molecule has 1 amide bonds. The highest BCUT2D eigenvalue weighted by Crippen LogP contribution is 2.29. The molecule has 0 bridgehead atoms. The maximum Gasteiger partial charge on any atom is 0.272 e. The van der Waals surface area contributed by atoms with Crippen LogP contribution in [0.25, 0.3) is 0 Å². The molecular formula is C12H16BrF2N3O2. The number of hydrogen-bond acceptors (Lipinski definition) is 4. The third-order valence-corrected chi connectivity index (χ3v) is 2.59. The molecule has 0 aromatic heterocycles. The van der Waals surface area contributed by atoms with Gasteiger partial charge in [-0.05, 0) is 13.0 Å². The van der Waals surface area contributed by atoms with Crippen LogP contribution in [0.4, 0.5) is 20.2 Å². The van der Waals surface area contributed by atoms with E-state index in [1.165, 1.54) is 12.1 Å². The number of carbonyl (C=O) groups excluding carboxylic acids is 1. The predicted molar refractivity (Wildman–Crippen MR) is 77.8 cm³/mol. The van der Waals surface area contributed by atoms with E-state index in [-0.39, 0.29) is 16.3 Å². The van der Waals surface area contributed by atoms with Crippen molar-refractivity contribution in [2.24, 2.45) is 0 Å². The van der Waals surface area contributed by atoms with Crippen molar-refractivity contribution in [1.29, 1.82) is 0 Å². The van der Waals surface area contributed by atoms with Gasteiger partial charge in [0.2, 0.25) is 0 Å². The molecule has 5 nitrogen and oxygen atoms in total. The Morgan fingerprint density at radius 2 is 2.15 bits per heavy atom. The SMILES string of the molecule is CNc1cc(OCC(F)F)c(C(=O)NC(C)Br)cc1N. The quantitative estimate of drug-likeness (QED) is 0.418. The first-order valence-corrected chi connectivity index (χ1v) is 6.73. The summed E-state index contributed by atoms with van der Waals surface area (Å²) in [5, 5.41) is 5.38. The maximum absolute atomic E-state index is 12.3. The zero-order valence-corrected chi connectivity index (χ0v) is 12.6. The number of nitrogens with one attached hydrogen (secondary N) is 2. The summed E-state index contributed by atoms with van der Waals surface area (Å²) in [6.07, 6.45) is -2.63. The van der Waals surface area contributed by atoms with Crippen molar-refractivity contribution in [2.45, 2.75) is 18.3 Å². The molecule has 0 saturated heterocycles. The van der Waals surface area contributed by atoms with Gasteiger partial charge in [0.05, 0.1) is 21.9 Å². The van der Waals surface area contributed by atoms with Gasteiger partial charge in [0, 0.05) is 13.1 Å². The smallest absolute Gasteiger partial charge is 0.272 e. The molecule has 20 heavy (non-hydrogen) atoms. The highest BCUT2D eigenvalue weighted by Gasteiger charge is 2.18. The third kappa shape index (κ3) is 4.52. The van der Waals surface area contributed by atoms with Crippen LogP contribution in [0.2, 0.25) is 0 Å². The fourth-order valence-electron chi connectivity index (χ4n) is 1.52. The van der Waals surface area contributed by atoms with Crippen molar-refractivity contribution < 1.29 is 18.3 Å². The molecule has 0 radical (unpaired) electrons. The van der Waals surface area contributed by atoms with E-state index in [1.54, 1.807) is 14.0 Å². The van der Waals surface area contributed by atoms with E-state index >= 15 is 0 Å². The van der Waals surface area contributed by atoms with Crippen molar-refractivity contribution in [3.63, 3.8) is 0 Å². The van der Waals surface area contributed by atoms with E-state index in [2.05, 4.69) is 26.6 Å². The number of nitrogen functional groups attached to an aromatic ring is 1. The molecule has 112 valence electrons. The molecule has 1 aromatic carbocycles. The molecule has 1 atom stereocenters. The fraction of sp³-hybridized carbons (Fsp3) is 0.417. The minimum Gasteiger partial charge on any atom is -0.487 e. The van der Waals surface area contributed by atoms with Gasteiger partial charge in [-0.15, -0.1) is 0 Å². The number of rotatable bonds is 6. The largest absolute Gasteiger partial charge is 0.487 e. The Morgan fingerprint density at radius 3 is 2.65 bits per heavy atom. The van der Waals surface area contributed by atoms with Crippen LogP contribution in [0.15, 0.2) is 12.1 Å². The summed E-state index contributed by atoms with van der Waals surface area (Å²) >= 11 is 3.17. The summed E-state index contributed by atoms with van der Waals surface area (Å²) in [5.74, 6) is -0.414. The Balaban J connectivity index is 3.11. The Kier molecular flexibility index (Phi) is 6.00. The van der Waals surface area contributed by atoms with E-state index in [4.69, 9.17) is 10.5 Å². The van der Waals surface area contributed by atoms with E-state index in [9.17, 15) is 13.6 Å². The molecule has 0 aliphatic carbocycles. The number of anilines is 2. The average Bonchev–Trinajstić information content (AvgIpc) is 2.35. The van der Waals surface area contributed by atoms with E-state index in [0.717, 1.165) is 0 Å². The van der Waals surface area contributed by atoms with Gasteiger partial charge >= 0.3 is 0 Å². The molecule has 0 spiro atoms. The van der Waals surface area contributed by atoms with Crippen LogP contribution in [0, 0.1) is 0 Å². The molecule has 1 aromatic rings. The Morgan fingerprint density at radius 1 is 1.50 bits per heavy atom. The Labute approximate surface area is 124 Å². The minimum absolute atomic E-state index is 0.0505. The standard InChI is InChI=1S/C12H16BrF2N3O2/c1-6(13)18-12(19)7-3-8(16)9(17-2)4-10(7)20-5-11(14)15/h3-4,6,11,17H,5,16H2,1-2H3,(H,18,19). The van der Waals surface area contributed by atoms with Crippen LogP contribution < -0.4 is 21.1 Å². The second-order valence-corrected chi connectivity index (χ2v) is 5.35. The van der Waals surface area contributed by atoms with E-state index < -0.39 is 18.9 Å². The number of amides is 1. The lowest BCUT2D eigenvalue weighted by Gasteiger charge is -2.15. The van der Waals surface area contributed by atoms with Gasteiger partial charge in [-0.3, -0.25) is 4.79 Å². The number of benzene rings is 1. The monoisotopic (exact) mass is 351 g/mol. The summed E-state index contributed by atoms with van der Waals surface area (Å²) in [6, 6.07) is 2.81. The van der Waals surface area contributed by atoms with Crippen LogP contribution >= 0.6 is 15.9 Å². The highest BCUT2D eigenvalue weighted by atomic mass is 79.9. The van der Waals surface area contributed by atoms with Crippen LogP contribution in [-0.2, 0) is 0 Å². The summed E-state index contributed by atoms with van der Waals surface area (Å²) in [6.45, 7) is 0.917. The predicted octanol–water partition coefficient (Wildman–Crippen LogP) is 2.43. The van der Waals surface area contributed by atoms with Gasteiger partial charge in [0.15, 0.2) is 0 Å². The second kappa shape index (κ2) is 7.28. The first kappa shape index (κ1) is 16.5. The lowest BCUT2D eigenvalue weighted by molar-refractivity contribution is 0.0795. The van der Waals surface area contributed by atoms with E-state index in [0.29, 0.717) is 11.4 Å². The Hall–Kier alpha value is -1.57. The van der Waals surface area contributed by atoms with Crippen LogP contribution in [-0.4, -0.2) is 30.9 Å². The van der Waals surface area contributed by atoms with Gasteiger partial charge in [0.1, 0.15) is 12.4 Å². The van der Waals surface area contributed by atoms with Crippen molar-refractivity contribution in [1.82, 2.24) is 5.32 Å². The number of ether oxygens (including phenoxy) is 1. The van der Waals surface area contributed by atoms with Crippen molar-refractivity contribution >= 4 is 33.2 Å².